The summed E-state index contributed by atoms with van der Waals surface area (Å²) in [5.74, 6) is 0.860. The molecule has 2 rings (SSSR count). The van der Waals surface area contributed by atoms with E-state index in [0.717, 1.165) is 11.3 Å². The Morgan fingerprint density at radius 1 is 1.31 bits per heavy atom. The average Bonchev–Trinajstić information content (AvgIpc) is 2.74. The summed E-state index contributed by atoms with van der Waals surface area (Å²) in [7, 11) is 1.67. The van der Waals surface area contributed by atoms with Crippen molar-refractivity contribution >= 4 is 11.3 Å². The van der Waals surface area contributed by atoms with Crippen LogP contribution in [0.25, 0.3) is 10.4 Å². The minimum atomic E-state index is 0.532. The van der Waals surface area contributed by atoms with Gasteiger partial charge in [0.1, 0.15) is 5.75 Å². The molecule has 0 saturated heterocycles. The molecule has 2 aromatic rings. The van der Waals surface area contributed by atoms with Crippen LogP contribution in [0.5, 0.6) is 5.75 Å². The molecular weight excluding hydrogens is 218 g/mol. The zero-order chi connectivity index (χ0) is 11.5. The smallest absolute Gasteiger partial charge is 0.119 e. The van der Waals surface area contributed by atoms with Gasteiger partial charge in [0.15, 0.2) is 0 Å². The van der Waals surface area contributed by atoms with Gasteiger partial charge >= 0.3 is 0 Å². The predicted octanol–water partition coefficient (Wildman–Crippen LogP) is 3.19. The first-order valence-electron chi connectivity index (χ1n) is 5.17. The van der Waals surface area contributed by atoms with Gasteiger partial charge in [0, 0.05) is 11.4 Å². The Hall–Kier alpha value is -1.32. The first-order valence-corrected chi connectivity index (χ1v) is 6.05. The fraction of sp³-hybridized carbons (Fsp3) is 0.231. The van der Waals surface area contributed by atoms with Crippen LogP contribution in [0, 0.1) is 6.92 Å². The summed E-state index contributed by atoms with van der Waals surface area (Å²) in [4.78, 5) is 1.29. The van der Waals surface area contributed by atoms with Crippen LogP contribution in [-0.2, 0) is 6.54 Å². The van der Waals surface area contributed by atoms with Gasteiger partial charge in [0.05, 0.1) is 7.11 Å². The van der Waals surface area contributed by atoms with Crippen LogP contribution >= 0.6 is 11.3 Å². The van der Waals surface area contributed by atoms with E-state index in [1.165, 1.54) is 16.0 Å². The summed E-state index contributed by atoms with van der Waals surface area (Å²) in [6.07, 6.45) is 0. The maximum Gasteiger partial charge on any atom is 0.119 e. The second-order valence-corrected chi connectivity index (χ2v) is 4.58. The molecule has 0 unspecified atom stereocenters. The summed E-state index contributed by atoms with van der Waals surface area (Å²) in [5, 5.41) is 2.11. The zero-order valence-electron chi connectivity index (χ0n) is 9.49. The number of aryl methyl sites for hydroxylation is 1. The van der Waals surface area contributed by atoms with E-state index in [1.807, 2.05) is 12.1 Å². The summed E-state index contributed by atoms with van der Waals surface area (Å²) >= 11 is 1.75. The third-order valence-electron chi connectivity index (χ3n) is 2.64. The quantitative estimate of drug-likeness (QED) is 0.883. The normalized spacial score (nSPS) is 10.4. The number of nitrogens with two attached hydrogens (primary N) is 1. The van der Waals surface area contributed by atoms with Gasteiger partial charge in [-0.1, -0.05) is 0 Å². The fourth-order valence-corrected chi connectivity index (χ4v) is 2.72. The van der Waals surface area contributed by atoms with Crippen molar-refractivity contribution in [2.24, 2.45) is 5.73 Å². The van der Waals surface area contributed by atoms with E-state index in [4.69, 9.17) is 10.5 Å². The Labute approximate surface area is 99.7 Å². The molecule has 84 valence electrons. The lowest BCUT2D eigenvalue weighted by atomic mass is 10.0. The highest BCUT2D eigenvalue weighted by atomic mass is 32.1. The van der Waals surface area contributed by atoms with Crippen molar-refractivity contribution in [3.8, 4) is 16.2 Å². The number of thiophene rings is 1. The molecular formula is C13H15NOS. The number of benzene rings is 1. The molecule has 2 nitrogen and oxygen atoms in total. The molecule has 0 spiro atoms. The van der Waals surface area contributed by atoms with E-state index >= 15 is 0 Å². The largest absolute Gasteiger partial charge is 0.497 e. The van der Waals surface area contributed by atoms with E-state index in [2.05, 4.69) is 24.4 Å². The molecule has 0 fully saturated rings. The number of methoxy groups -OCH3 is 1. The zero-order valence-corrected chi connectivity index (χ0v) is 10.3. The van der Waals surface area contributed by atoms with Gasteiger partial charge in [-0.15, -0.1) is 11.3 Å². The third kappa shape index (κ3) is 1.96. The van der Waals surface area contributed by atoms with Crippen LogP contribution in [-0.4, -0.2) is 7.11 Å². The van der Waals surface area contributed by atoms with Crippen LogP contribution in [0.1, 0.15) is 11.1 Å². The fourth-order valence-electron chi connectivity index (χ4n) is 1.74. The minimum Gasteiger partial charge on any atom is -0.497 e. The van der Waals surface area contributed by atoms with Crippen molar-refractivity contribution in [3.63, 3.8) is 0 Å². The van der Waals surface area contributed by atoms with Crippen molar-refractivity contribution in [2.75, 3.05) is 7.11 Å². The van der Waals surface area contributed by atoms with Gasteiger partial charge in [-0.3, -0.25) is 0 Å². The number of ether oxygens (including phenoxy) is 1. The van der Waals surface area contributed by atoms with Crippen molar-refractivity contribution in [3.05, 3.63) is 40.8 Å². The van der Waals surface area contributed by atoms with Gasteiger partial charge in [-0.2, -0.15) is 0 Å². The average molecular weight is 233 g/mol. The first kappa shape index (κ1) is 11.2. The predicted molar refractivity (Wildman–Crippen MR) is 68.9 cm³/mol. The molecule has 0 aliphatic rings. The second kappa shape index (κ2) is 4.68. The Morgan fingerprint density at radius 3 is 2.69 bits per heavy atom. The molecule has 1 aromatic carbocycles. The van der Waals surface area contributed by atoms with Gasteiger partial charge in [0.25, 0.3) is 0 Å². The van der Waals surface area contributed by atoms with E-state index in [0.29, 0.717) is 6.54 Å². The Morgan fingerprint density at radius 2 is 2.12 bits per heavy atom. The highest BCUT2D eigenvalue weighted by Gasteiger charge is 2.09. The van der Waals surface area contributed by atoms with E-state index < -0.39 is 0 Å². The Balaban J connectivity index is 2.53. The Bertz CT molecular complexity index is 490. The molecule has 0 aliphatic heterocycles. The minimum absolute atomic E-state index is 0.532. The third-order valence-corrected chi connectivity index (χ3v) is 3.69. The van der Waals surface area contributed by atoms with Crippen molar-refractivity contribution in [2.45, 2.75) is 13.5 Å². The summed E-state index contributed by atoms with van der Waals surface area (Å²) < 4.78 is 5.21. The summed E-state index contributed by atoms with van der Waals surface area (Å²) in [5.41, 5.74) is 9.42. The van der Waals surface area contributed by atoms with Crippen LogP contribution in [0.3, 0.4) is 0 Å². The van der Waals surface area contributed by atoms with Crippen LogP contribution in [0.4, 0.5) is 0 Å². The standard InChI is InChI=1S/C13H15NOS/c1-9-5-6-16-13(9)12-4-3-11(15-2)7-10(12)8-14/h3-7H,8,14H2,1-2H3. The molecule has 0 bridgehead atoms. The number of hydrogen-bond donors (Lipinski definition) is 1. The molecule has 16 heavy (non-hydrogen) atoms. The molecule has 1 heterocycles. The highest BCUT2D eigenvalue weighted by Crippen LogP contribution is 2.33. The van der Waals surface area contributed by atoms with Gasteiger partial charge in [-0.25, -0.2) is 0 Å². The highest BCUT2D eigenvalue weighted by molar-refractivity contribution is 7.13. The molecule has 0 aliphatic carbocycles. The molecule has 0 radical (unpaired) electrons. The monoisotopic (exact) mass is 233 g/mol. The molecule has 1 aromatic heterocycles. The maximum absolute atomic E-state index is 5.78. The van der Waals surface area contributed by atoms with Gasteiger partial charge < -0.3 is 10.5 Å². The summed E-state index contributed by atoms with van der Waals surface area (Å²) in [6.45, 7) is 2.65. The lowest BCUT2D eigenvalue weighted by Crippen LogP contribution is -1.99. The van der Waals surface area contributed by atoms with Crippen LogP contribution < -0.4 is 10.5 Å². The van der Waals surface area contributed by atoms with E-state index in [1.54, 1.807) is 18.4 Å². The van der Waals surface area contributed by atoms with Gasteiger partial charge in [-0.05, 0) is 53.3 Å². The lowest BCUT2D eigenvalue weighted by Gasteiger charge is -2.09. The lowest BCUT2D eigenvalue weighted by molar-refractivity contribution is 0.414. The molecule has 2 N–H and O–H groups in total. The second-order valence-electron chi connectivity index (χ2n) is 3.66. The van der Waals surface area contributed by atoms with E-state index in [-0.39, 0.29) is 0 Å². The molecule has 0 saturated carbocycles. The van der Waals surface area contributed by atoms with E-state index in [9.17, 15) is 0 Å². The molecule has 0 amide bonds. The van der Waals surface area contributed by atoms with Crippen LogP contribution in [0.2, 0.25) is 0 Å². The van der Waals surface area contributed by atoms with Crippen molar-refractivity contribution in [1.82, 2.24) is 0 Å². The maximum atomic E-state index is 5.78. The number of hydrogen-bond acceptors (Lipinski definition) is 3. The number of rotatable bonds is 3. The van der Waals surface area contributed by atoms with Crippen LogP contribution in [0.15, 0.2) is 29.6 Å². The first-order chi connectivity index (χ1) is 7.76. The molecule has 3 heteroatoms. The van der Waals surface area contributed by atoms with Crippen molar-refractivity contribution in [1.29, 1.82) is 0 Å². The van der Waals surface area contributed by atoms with Crippen molar-refractivity contribution < 1.29 is 4.74 Å². The SMILES string of the molecule is COc1ccc(-c2sccc2C)c(CN)c1. The molecule has 0 atom stereocenters. The summed E-state index contributed by atoms with van der Waals surface area (Å²) in [6, 6.07) is 8.20. The topological polar surface area (TPSA) is 35.2 Å². The Kier molecular flexibility index (Phi) is 3.27. The van der Waals surface area contributed by atoms with Gasteiger partial charge in [0.2, 0.25) is 0 Å².